The molecule has 1 aromatic rings. The van der Waals surface area contributed by atoms with Crippen LogP contribution in [-0.2, 0) is 5.41 Å². The SMILES string of the molecule is CNC(=O)Nc1cccc(C(C)(C)C#N)c1. The van der Waals surface area contributed by atoms with Crippen LogP contribution in [0.3, 0.4) is 0 Å². The van der Waals surface area contributed by atoms with Gasteiger partial charge in [-0.2, -0.15) is 5.26 Å². The molecule has 0 spiro atoms. The lowest BCUT2D eigenvalue weighted by Crippen LogP contribution is -2.24. The van der Waals surface area contributed by atoms with Gasteiger partial charge in [-0.15, -0.1) is 0 Å². The predicted octanol–water partition coefficient (Wildman–Crippen LogP) is 2.24. The molecule has 0 saturated heterocycles. The largest absolute Gasteiger partial charge is 0.341 e. The first-order chi connectivity index (χ1) is 7.49. The first kappa shape index (κ1) is 12.1. The van der Waals surface area contributed by atoms with Crippen molar-refractivity contribution < 1.29 is 4.79 Å². The van der Waals surface area contributed by atoms with E-state index in [2.05, 4.69) is 16.7 Å². The zero-order chi connectivity index (χ0) is 12.2. The fourth-order valence-corrected chi connectivity index (χ4v) is 1.24. The molecule has 2 amide bonds. The normalized spacial score (nSPS) is 10.4. The number of nitrogens with zero attached hydrogens (tertiary/aromatic N) is 1. The summed E-state index contributed by atoms with van der Waals surface area (Å²) in [6, 6.07) is 9.23. The van der Waals surface area contributed by atoms with Gasteiger partial charge in [0, 0.05) is 12.7 Å². The van der Waals surface area contributed by atoms with Gasteiger partial charge in [0.15, 0.2) is 0 Å². The van der Waals surface area contributed by atoms with Crippen molar-refractivity contribution in [3.05, 3.63) is 29.8 Å². The highest BCUT2D eigenvalue weighted by molar-refractivity contribution is 5.89. The van der Waals surface area contributed by atoms with Gasteiger partial charge in [0.2, 0.25) is 0 Å². The summed E-state index contributed by atoms with van der Waals surface area (Å²) in [6.07, 6.45) is 0. The Morgan fingerprint density at radius 2 is 2.12 bits per heavy atom. The smallest absolute Gasteiger partial charge is 0.318 e. The van der Waals surface area contributed by atoms with Gasteiger partial charge < -0.3 is 10.6 Å². The first-order valence-electron chi connectivity index (χ1n) is 5.00. The van der Waals surface area contributed by atoms with E-state index in [1.165, 1.54) is 0 Å². The summed E-state index contributed by atoms with van der Waals surface area (Å²) < 4.78 is 0. The first-order valence-corrected chi connectivity index (χ1v) is 5.00. The van der Waals surface area contributed by atoms with Crippen molar-refractivity contribution in [2.45, 2.75) is 19.3 Å². The van der Waals surface area contributed by atoms with E-state index in [0.29, 0.717) is 5.69 Å². The standard InChI is InChI=1S/C12H15N3O/c1-12(2,8-13)9-5-4-6-10(7-9)15-11(16)14-3/h4-7H,1-3H3,(H2,14,15,16). The summed E-state index contributed by atoms with van der Waals surface area (Å²) >= 11 is 0. The Bertz CT molecular complexity index is 432. The number of carbonyl (C=O) groups excluding carboxylic acids is 1. The van der Waals surface area contributed by atoms with Crippen molar-refractivity contribution in [2.24, 2.45) is 0 Å². The van der Waals surface area contributed by atoms with E-state index >= 15 is 0 Å². The lowest BCUT2D eigenvalue weighted by Gasteiger charge is -2.16. The molecule has 0 aliphatic carbocycles. The lowest BCUT2D eigenvalue weighted by atomic mass is 9.86. The van der Waals surface area contributed by atoms with Gasteiger partial charge in [0.1, 0.15) is 0 Å². The van der Waals surface area contributed by atoms with Crippen LogP contribution in [0, 0.1) is 11.3 Å². The summed E-state index contributed by atoms with van der Waals surface area (Å²) in [5.74, 6) is 0. The summed E-state index contributed by atoms with van der Waals surface area (Å²) in [5.41, 5.74) is 1.00. The number of carbonyl (C=O) groups is 1. The zero-order valence-electron chi connectivity index (χ0n) is 9.66. The number of hydrogen-bond donors (Lipinski definition) is 2. The van der Waals surface area contributed by atoms with Crippen molar-refractivity contribution in [1.29, 1.82) is 5.26 Å². The maximum Gasteiger partial charge on any atom is 0.318 e. The minimum absolute atomic E-state index is 0.271. The van der Waals surface area contributed by atoms with Crippen molar-refractivity contribution in [3.8, 4) is 6.07 Å². The molecule has 0 unspecified atom stereocenters. The molecule has 4 nitrogen and oxygen atoms in total. The Morgan fingerprint density at radius 1 is 1.44 bits per heavy atom. The second-order valence-corrected chi connectivity index (χ2v) is 4.02. The molecular formula is C12H15N3O. The Morgan fingerprint density at radius 3 is 2.69 bits per heavy atom. The molecule has 0 fully saturated rings. The van der Waals surface area contributed by atoms with Crippen LogP contribution in [0.2, 0.25) is 0 Å². The van der Waals surface area contributed by atoms with Crippen LogP contribution in [0.4, 0.5) is 10.5 Å². The molecule has 0 aliphatic heterocycles. The molecule has 4 heteroatoms. The quantitative estimate of drug-likeness (QED) is 0.797. The van der Waals surface area contributed by atoms with Crippen LogP contribution in [0.15, 0.2) is 24.3 Å². The Labute approximate surface area is 95.3 Å². The molecular weight excluding hydrogens is 202 g/mol. The van der Waals surface area contributed by atoms with Crippen molar-refractivity contribution in [3.63, 3.8) is 0 Å². The van der Waals surface area contributed by atoms with Gasteiger partial charge in [-0.3, -0.25) is 0 Å². The van der Waals surface area contributed by atoms with Crippen LogP contribution in [-0.4, -0.2) is 13.1 Å². The molecule has 1 rings (SSSR count). The molecule has 0 aliphatic rings. The van der Waals surface area contributed by atoms with E-state index in [1.54, 1.807) is 19.2 Å². The number of benzene rings is 1. The third kappa shape index (κ3) is 2.74. The summed E-state index contributed by atoms with van der Waals surface area (Å²) in [5, 5.41) is 14.2. The second kappa shape index (κ2) is 4.67. The monoisotopic (exact) mass is 217 g/mol. The highest BCUT2D eigenvalue weighted by Crippen LogP contribution is 2.24. The molecule has 0 heterocycles. The van der Waals surface area contributed by atoms with E-state index in [1.807, 2.05) is 26.0 Å². The van der Waals surface area contributed by atoms with Gasteiger partial charge in [-0.25, -0.2) is 4.79 Å². The number of urea groups is 1. The number of nitriles is 1. The Kier molecular flexibility index (Phi) is 3.51. The minimum atomic E-state index is -0.555. The average molecular weight is 217 g/mol. The van der Waals surface area contributed by atoms with Crippen LogP contribution < -0.4 is 10.6 Å². The third-order valence-corrected chi connectivity index (χ3v) is 2.35. The van der Waals surface area contributed by atoms with E-state index in [0.717, 1.165) is 5.56 Å². The fraction of sp³-hybridized carbons (Fsp3) is 0.333. The number of amides is 2. The van der Waals surface area contributed by atoms with Crippen LogP contribution >= 0.6 is 0 Å². The molecule has 2 N–H and O–H groups in total. The van der Waals surface area contributed by atoms with Crippen LogP contribution in [0.1, 0.15) is 19.4 Å². The molecule has 16 heavy (non-hydrogen) atoms. The number of rotatable bonds is 2. The van der Waals surface area contributed by atoms with E-state index in [9.17, 15) is 4.79 Å². The fourth-order valence-electron chi connectivity index (χ4n) is 1.24. The van der Waals surface area contributed by atoms with Crippen molar-refractivity contribution in [1.82, 2.24) is 5.32 Å². The van der Waals surface area contributed by atoms with Crippen molar-refractivity contribution in [2.75, 3.05) is 12.4 Å². The number of nitrogens with one attached hydrogen (secondary N) is 2. The maximum absolute atomic E-state index is 11.1. The van der Waals surface area contributed by atoms with E-state index in [-0.39, 0.29) is 6.03 Å². The highest BCUT2D eigenvalue weighted by Gasteiger charge is 2.19. The maximum atomic E-state index is 11.1. The third-order valence-electron chi connectivity index (χ3n) is 2.35. The molecule has 0 bridgehead atoms. The molecule has 1 aromatic carbocycles. The second-order valence-electron chi connectivity index (χ2n) is 4.02. The summed E-state index contributed by atoms with van der Waals surface area (Å²) in [7, 11) is 1.55. The summed E-state index contributed by atoms with van der Waals surface area (Å²) in [4.78, 5) is 11.1. The number of anilines is 1. The molecule has 0 saturated carbocycles. The molecule has 84 valence electrons. The minimum Gasteiger partial charge on any atom is -0.341 e. The van der Waals surface area contributed by atoms with Crippen LogP contribution in [0.25, 0.3) is 0 Å². The van der Waals surface area contributed by atoms with Gasteiger partial charge in [-0.1, -0.05) is 12.1 Å². The summed E-state index contributed by atoms with van der Waals surface area (Å²) in [6.45, 7) is 3.68. The lowest BCUT2D eigenvalue weighted by molar-refractivity contribution is 0.254. The van der Waals surface area contributed by atoms with Gasteiger partial charge in [-0.05, 0) is 31.5 Å². The average Bonchev–Trinajstić information content (AvgIpc) is 2.29. The molecule has 0 radical (unpaired) electrons. The van der Waals surface area contributed by atoms with Crippen molar-refractivity contribution >= 4 is 11.7 Å². The molecule has 0 aromatic heterocycles. The van der Waals surface area contributed by atoms with E-state index in [4.69, 9.17) is 5.26 Å². The zero-order valence-corrected chi connectivity index (χ0v) is 9.66. The van der Waals surface area contributed by atoms with E-state index < -0.39 is 5.41 Å². The highest BCUT2D eigenvalue weighted by atomic mass is 16.2. The Balaban J connectivity index is 2.97. The molecule has 0 atom stereocenters. The van der Waals surface area contributed by atoms with Gasteiger partial charge in [0.05, 0.1) is 11.5 Å². The number of hydrogen-bond acceptors (Lipinski definition) is 2. The van der Waals surface area contributed by atoms with Gasteiger partial charge in [0.25, 0.3) is 0 Å². The topological polar surface area (TPSA) is 64.9 Å². The predicted molar refractivity (Wildman–Crippen MR) is 63.2 cm³/mol. The van der Waals surface area contributed by atoms with Crippen LogP contribution in [0.5, 0.6) is 0 Å². The Hall–Kier alpha value is -2.02. The van der Waals surface area contributed by atoms with Gasteiger partial charge >= 0.3 is 6.03 Å².